The zero-order valence-corrected chi connectivity index (χ0v) is 15.0. The Balaban J connectivity index is 1.72. The van der Waals surface area contributed by atoms with Gasteiger partial charge in [-0.3, -0.25) is 0 Å². The average molecular weight is 415 g/mol. The van der Waals surface area contributed by atoms with E-state index in [0.29, 0.717) is 6.04 Å². The molecule has 1 atom stereocenters. The summed E-state index contributed by atoms with van der Waals surface area (Å²) in [7, 11) is 1.67. The summed E-state index contributed by atoms with van der Waals surface area (Å²) < 4.78 is 12.8. The first-order valence-electron chi connectivity index (χ1n) is 7.00. The molecule has 0 saturated heterocycles. The van der Waals surface area contributed by atoms with Gasteiger partial charge in [0, 0.05) is 24.6 Å². The van der Waals surface area contributed by atoms with E-state index in [9.17, 15) is 0 Å². The van der Waals surface area contributed by atoms with Gasteiger partial charge in [-0.05, 0) is 68.5 Å². The van der Waals surface area contributed by atoms with E-state index in [1.807, 2.05) is 0 Å². The Bertz CT molecular complexity index is 616. The maximum Gasteiger partial charge on any atom is 0.147 e. The van der Waals surface area contributed by atoms with Gasteiger partial charge in [-0.2, -0.15) is 0 Å². The molecule has 21 heavy (non-hydrogen) atoms. The van der Waals surface area contributed by atoms with Gasteiger partial charge in [0.25, 0.3) is 0 Å². The molecule has 1 aliphatic carbocycles. The fraction of sp³-hybridized carbons (Fsp3) is 0.375. The third-order valence-electron chi connectivity index (χ3n) is 3.87. The van der Waals surface area contributed by atoms with Crippen LogP contribution in [-0.4, -0.2) is 7.11 Å². The minimum Gasteiger partial charge on any atom is -0.494 e. The van der Waals surface area contributed by atoms with Gasteiger partial charge in [0.2, 0.25) is 0 Å². The first-order valence-corrected chi connectivity index (χ1v) is 8.59. The van der Waals surface area contributed by atoms with E-state index in [1.54, 1.807) is 13.4 Å². The van der Waals surface area contributed by atoms with Crippen molar-refractivity contribution >= 4 is 31.9 Å². The third kappa shape index (κ3) is 3.20. The lowest BCUT2D eigenvalue weighted by molar-refractivity contribution is 0.406. The number of methoxy groups -OCH3 is 1. The smallest absolute Gasteiger partial charge is 0.147 e. The molecule has 0 fully saturated rings. The molecule has 1 aliphatic rings. The number of ether oxygens (including phenoxy) is 1. The van der Waals surface area contributed by atoms with Crippen molar-refractivity contribution in [2.45, 2.75) is 31.8 Å². The topological polar surface area (TPSA) is 34.4 Å². The van der Waals surface area contributed by atoms with Crippen LogP contribution in [0.2, 0.25) is 0 Å². The van der Waals surface area contributed by atoms with E-state index in [-0.39, 0.29) is 0 Å². The number of halogens is 2. The van der Waals surface area contributed by atoms with E-state index in [4.69, 9.17) is 9.15 Å². The highest BCUT2D eigenvalue weighted by Crippen LogP contribution is 2.35. The van der Waals surface area contributed by atoms with E-state index in [0.717, 1.165) is 39.8 Å². The molecule has 1 unspecified atom stereocenters. The number of nitrogens with one attached hydrogen (secondary N) is 1. The molecule has 3 rings (SSSR count). The zero-order chi connectivity index (χ0) is 14.8. The molecule has 0 radical (unpaired) electrons. The lowest BCUT2D eigenvalue weighted by atomic mass is 9.93. The number of hydrogen-bond donors (Lipinski definition) is 1. The minimum absolute atomic E-state index is 0.382. The van der Waals surface area contributed by atoms with Crippen molar-refractivity contribution < 1.29 is 9.15 Å². The Morgan fingerprint density at radius 1 is 1.33 bits per heavy atom. The second-order valence-corrected chi connectivity index (χ2v) is 6.93. The standard InChI is InChI=1S/C16H17Br2NO2/c1-20-16-12(17)7-10(8-13(16)18)9-19-14-3-2-4-15-11(14)5-6-21-15/h5-8,14,19H,2-4,9H2,1H3. The Hall–Kier alpha value is -0.780. The predicted molar refractivity (Wildman–Crippen MR) is 89.6 cm³/mol. The van der Waals surface area contributed by atoms with Crippen LogP contribution in [0.15, 0.2) is 37.8 Å². The lowest BCUT2D eigenvalue weighted by Gasteiger charge is -2.23. The van der Waals surface area contributed by atoms with Crippen LogP contribution in [0, 0.1) is 0 Å². The molecular formula is C16H17Br2NO2. The molecule has 3 nitrogen and oxygen atoms in total. The molecule has 0 saturated carbocycles. The normalized spacial score (nSPS) is 17.6. The van der Waals surface area contributed by atoms with Crippen molar-refractivity contribution in [1.29, 1.82) is 0 Å². The molecule has 1 aromatic heterocycles. The van der Waals surface area contributed by atoms with Crippen LogP contribution in [0.3, 0.4) is 0 Å². The number of aryl methyl sites for hydroxylation is 1. The summed E-state index contributed by atoms with van der Waals surface area (Å²) in [5, 5.41) is 3.63. The number of fused-ring (bicyclic) bond motifs is 1. The Morgan fingerprint density at radius 3 is 2.81 bits per heavy atom. The molecule has 0 amide bonds. The first-order chi connectivity index (χ1) is 10.2. The fourth-order valence-electron chi connectivity index (χ4n) is 2.85. The Labute approximate surface area is 141 Å². The predicted octanol–water partition coefficient (Wildman–Crippen LogP) is 4.98. The second kappa shape index (κ2) is 6.55. The minimum atomic E-state index is 0.382. The first kappa shape index (κ1) is 15.1. The summed E-state index contributed by atoms with van der Waals surface area (Å²) in [6.07, 6.45) is 5.19. The van der Waals surface area contributed by atoms with Gasteiger partial charge in [0.15, 0.2) is 0 Å². The fourth-order valence-corrected chi connectivity index (χ4v) is 4.45. The molecule has 1 heterocycles. The van der Waals surface area contributed by atoms with Crippen LogP contribution < -0.4 is 10.1 Å². The average Bonchev–Trinajstić information content (AvgIpc) is 2.93. The monoisotopic (exact) mass is 413 g/mol. The van der Waals surface area contributed by atoms with E-state index < -0.39 is 0 Å². The molecule has 2 aromatic rings. The lowest BCUT2D eigenvalue weighted by Crippen LogP contribution is -2.24. The highest BCUT2D eigenvalue weighted by atomic mass is 79.9. The van der Waals surface area contributed by atoms with Gasteiger partial charge in [-0.25, -0.2) is 0 Å². The summed E-state index contributed by atoms with van der Waals surface area (Å²) in [4.78, 5) is 0. The Morgan fingerprint density at radius 2 is 2.10 bits per heavy atom. The molecule has 5 heteroatoms. The van der Waals surface area contributed by atoms with E-state index in [2.05, 4.69) is 55.4 Å². The number of furan rings is 1. The maximum atomic E-state index is 5.54. The zero-order valence-electron chi connectivity index (χ0n) is 11.8. The molecule has 112 valence electrons. The van der Waals surface area contributed by atoms with Gasteiger partial charge in [0.1, 0.15) is 11.5 Å². The van der Waals surface area contributed by atoms with Crippen LogP contribution in [0.5, 0.6) is 5.75 Å². The SMILES string of the molecule is COc1c(Br)cc(CNC2CCCc3occc32)cc1Br. The highest BCUT2D eigenvalue weighted by Gasteiger charge is 2.22. The van der Waals surface area contributed by atoms with Crippen LogP contribution in [0.1, 0.15) is 35.8 Å². The van der Waals surface area contributed by atoms with Crippen molar-refractivity contribution in [3.05, 3.63) is 50.3 Å². The highest BCUT2D eigenvalue weighted by molar-refractivity contribution is 9.11. The van der Waals surface area contributed by atoms with Gasteiger partial charge >= 0.3 is 0 Å². The number of rotatable bonds is 4. The van der Waals surface area contributed by atoms with Crippen LogP contribution in [-0.2, 0) is 13.0 Å². The van der Waals surface area contributed by atoms with Crippen molar-refractivity contribution in [3.8, 4) is 5.75 Å². The molecular weight excluding hydrogens is 398 g/mol. The summed E-state index contributed by atoms with van der Waals surface area (Å²) >= 11 is 7.09. The van der Waals surface area contributed by atoms with Gasteiger partial charge in [-0.1, -0.05) is 0 Å². The molecule has 1 aromatic carbocycles. The molecule has 0 spiro atoms. The van der Waals surface area contributed by atoms with Crippen LogP contribution in [0.4, 0.5) is 0 Å². The van der Waals surface area contributed by atoms with Gasteiger partial charge in [-0.15, -0.1) is 0 Å². The summed E-state index contributed by atoms with van der Waals surface area (Å²) in [6, 6.07) is 6.66. The second-order valence-electron chi connectivity index (χ2n) is 5.22. The number of hydrogen-bond acceptors (Lipinski definition) is 3. The van der Waals surface area contributed by atoms with Gasteiger partial charge < -0.3 is 14.5 Å². The summed E-state index contributed by atoms with van der Waals surface area (Å²) in [6.45, 7) is 0.816. The van der Waals surface area contributed by atoms with E-state index >= 15 is 0 Å². The van der Waals surface area contributed by atoms with Crippen LogP contribution >= 0.6 is 31.9 Å². The van der Waals surface area contributed by atoms with Crippen molar-refractivity contribution in [1.82, 2.24) is 5.32 Å². The van der Waals surface area contributed by atoms with Crippen molar-refractivity contribution in [3.63, 3.8) is 0 Å². The quantitative estimate of drug-likeness (QED) is 0.765. The molecule has 0 aliphatic heterocycles. The Kier molecular flexibility index (Phi) is 4.72. The number of benzene rings is 1. The van der Waals surface area contributed by atoms with Gasteiger partial charge in [0.05, 0.1) is 22.3 Å². The van der Waals surface area contributed by atoms with Crippen LogP contribution in [0.25, 0.3) is 0 Å². The molecule has 0 bridgehead atoms. The van der Waals surface area contributed by atoms with Crippen molar-refractivity contribution in [2.24, 2.45) is 0 Å². The maximum absolute atomic E-state index is 5.54. The van der Waals surface area contributed by atoms with Crippen molar-refractivity contribution in [2.75, 3.05) is 7.11 Å². The summed E-state index contributed by atoms with van der Waals surface area (Å²) in [5.41, 5.74) is 2.53. The molecule has 1 N–H and O–H groups in total. The van der Waals surface area contributed by atoms with E-state index in [1.165, 1.54) is 17.5 Å². The third-order valence-corrected chi connectivity index (χ3v) is 5.04. The largest absolute Gasteiger partial charge is 0.494 e. The summed E-state index contributed by atoms with van der Waals surface area (Å²) in [5.74, 6) is 1.96.